The van der Waals surface area contributed by atoms with Crippen LogP contribution in [0.25, 0.3) is 11.1 Å². The molecule has 9 heteroatoms. The molecule has 33 heavy (non-hydrogen) atoms. The summed E-state index contributed by atoms with van der Waals surface area (Å²) in [6.45, 7) is 2.49. The number of aromatic nitrogens is 1. The Hall–Kier alpha value is -3.10. The number of para-hydroxylation sites is 2. The Balaban J connectivity index is 1.33. The van der Waals surface area contributed by atoms with Gasteiger partial charge in [-0.1, -0.05) is 41.9 Å². The Morgan fingerprint density at radius 1 is 1.06 bits per heavy atom. The van der Waals surface area contributed by atoms with E-state index in [-0.39, 0.29) is 11.9 Å². The summed E-state index contributed by atoms with van der Waals surface area (Å²) in [5.74, 6) is -0.755. The highest BCUT2D eigenvalue weighted by atomic mass is 35.5. The van der Waals surface area contributed by atoms with E-state index in [9.17, 15) is 14.4 Å². The number of aryl methyl sites for hydroxylation is 1. The lowest BCUT2D eigenvalue weighted by atomic mass is 10.0. The molecule has 0 spiro atoms. The summed E-state index contributed by atoms with van der Waals surface area (Å²) in [5.41, 5.74) is 1.98. The molecule has 1 aliphatic heterocycles. The maximum absolute atomic E-state index is 12.7. The van der Waals surface area contributed by atoms with Gasteiger partial charge in [-0.2, -0.15) is 0 Å². The van der Waals surface area contributed by atoms with Gasteiger partial charge in [-0.05, 0) is 30.2 Å². The van der Waals surface area contributed by atoms with Gasteiger partial charge in [-0.25, -0.2) is 9.59 Å². The number of fused-ring (bicyclic) bond motifs is 1. The van der Waals surface area contributed by atoms with Crippen LogP contribution in [0, 0.1) is 0 Å². The average molecular weight is 472 g/mol. The zero-order valence-electron chi connectivity index (χ0n) is 18.4. The van der Waals surface area contributed by atoms with Crippen molar-refractivity contribution in [2.75, 3.05) is 33.3 Å². The minimum atomic E-state index is -0.609. The lowest BCUT2D eigenvalue weighted by molar-refractivity contribution is -0.148. The molecule has 1 saturated heterocycles. The Kier molecular flexibility index (Phi) is 7.15. The van der Waals surface area contributed by atoms with Gasteiger partial charge < -0.3 is 14.1 Å². The van der Waals surface area contributed by atoms with E-state index in [1.807, 2.05) is 41.3 Å². The van der Waals surface area contributed by atoms with Crippen LogP contribution in [0.4, 0.5) is 0 Å². The topological polar surface area (TPSA) is 85.0 Å². The van der Waals surface area contributed by atoms with Crippen LogP contribution in [0.5, 0.6) is 0 Å². The third-order valence-corrected chi connectivity index (χ3v) is 6.35. The minimum absolute atomic E-state index is 0.0304. The lowest BCUT2D eigenvalue weighted by Crippen LogP contribution is -2.51. The molecule has 0 N–H and O–H groups in total. The van der Waals surface area contributed by atoms with Gasteiger partial charge in [0.2, 0.25) is 5.91 Å². The van der Waals surface area contributed by atoms with Gasteiger partial charge in [-0.3, -0.25) is 14.3 Å². The monoisotopic (exact) mass is 471 g/mol. The quantitative estimate of drug-likeness (QED) is 0.492. The number of amides is 1. The number of ether oxygens (including phenoxy) is 1. The van der Waals surface area contributed by atoms with Gasteiger partial charge in [0.15, 0.2) is 5.58 Å². The van der Waals surface area contributed by atoms with Crippen molar-refractivity contribution in [3.05, 3.63) is 69.7 Å². The molecule has 0 unspecified atom stereocenters. The molecule has 2 heterocycles. The zero-order valence-corrected chi connectivity index (χ0v) is 19.2. The first kappa shape index (κ1) is 23.1. The van der Waals surface area contributed by atoms with Gasteiger partial charge in [0.1, 0.15) is 6.04 Å². The first-order valence-electron chi connectivity index (χ1n) is 10.9. The molecule has 1 fully saturated rings. The number of hydrogen-bond acceptors (Lipinski definition) is 6. The lowest BCUT2D eigenvalue weighted by Gasteiger charge is -2.38. The number of benzene rings is 2. The van der Waals surface area contributed by atoms with E-state index < -0.39 is 11.8 Å². The predicted molar refractivity (Wildman–Crippen MR) is 124 cm³/mol. The second-order valence-electron chi connectivity index (χ2n) is 7.95. The molecule has 1 amide bonds. The number of rotatable bonds is 7. The number of piperazine rings is 1. The largest absolute Gasteiger partial charge is 0.468 e. The fourth-order valence-electron chi connectivity index (χ4n) is 4.28. The van der Waals surface area contributed by atoms with Crippen LogP contribution >= 0.6 is 11.6 Å². The first-order valence-corrected chi connectivity index (χ1v) is 11.3. The molecule has 0 saturated carbocycles. The standard InChI is InChI=1S/C24H26ClN3O5/c1-32-23(30)22(17-7-2-3-8-18(17)25)27-15-13-26(14-16-27)21(29)11-6-12-28-19-9-4-5-10-20(19)33-24(28)31/h2-5,7-10,22H,6,11-16H2,1H3/t22-/m1/s1. The van der Waals surface area contributed by atoms with Crippen LogP contribution in [0.3, 0.4) is 0 Å². The Bertz CT molecular complexity index is 1200. The van der Waals surface area contributed by atoms with Gasteiger partial charge in [0, 0.05) is 44.2 Å². The SMILES string of the molecule is COC(=O)[C@@H](c1ccccc1Cl)N1CCN(C(=O)CCCn2c(=O)oc3ccccc32)CC1. The highest BCUT2D eigenvalue weighted by Gasteiger charge is 2.33. The summed E-state index contributed by atoms with van der Waals surface area (Å²) >= 11 is 6.34. The first-order chi connectivity index (χ1) is 16.0. The molecular formula is C24H26ClN3O5. The molecule has 0 radical (unpaired) electrons. The van der Waals surface area contributed by atoms with Crippen LogP contribution in [0.1, 0.15) is 24.4 Å². The molecule has 3 aromatic rings. The number of hydrogen-bond donors (Lipinski definition) is 0. The summed E-state index contributed by atoms with van der Waals surface area (Å²) in [7, 11) is 1.36. The second kappa shape index (κ2) is 10.2. The molecule has 4 rings (SSSR count). The molecule has 8 nitrogen and oxygen atoms in total. The summed E-state index contributed by atoms with van der Waals surface area (Å²) in [6.07, 6.45) is 0.865. The predicted octanol–water partition coefficient (Wildman–Crippen LogP) is 3.09. The maximum Gasteiger partial charge on any atom is 0.419 e. The van der Waals surface area contributed by atoms with Crippen LogP contribution < -0.4 is 5.76 Å². The fourth-order valence-corrected chi connectivity index (χ4v) is 4.52. The van der Waals surface area contributed by atoms with Crippen molar-refractivity contribution in [3.63, 3.8) is 0 Å². The van der Waals surface area contributed by atoms with E-state index in [0.717, 1.165) is 5.52 Å². The molecule has 1 aliphatic rings. The maximum atomic E-state index is 12.7. The smallest absolute Gasteiger partial charge is 0.419 e. The average Bonchev–Trinajstić information content (AvgIpc) is 3.15. The van der Waals surface area contributed by atoms with Crippen molar-refractivity contribution in [2.24, 2.45) is 0 Å². The van der Waals surface area contributed by atoms with Gasteiger partial charge >= 0.3 is 11.7 Å². The van der Waals surface area contributed by atoms with Crippen molar-refractivity contribution in [3.8, 4) is 0 Å². The van der Waals surface area contributed by atoms with Crippen LogP contribution in [-0.4, -0.2) is 59.5 Å². The fraction of sp³-hybridized carbons (Fsp3) is 0.375. The molecule has 1 aromatic heterocycles. The summed E-state index contributed by atoms with van der Waals surface area (Å²) in [4.78, 5) is 41.1. The zero-order chi connectivity index (χ0) is 23.4. The third kappa shape index (κ3) is 4.96. The van der Waals surface area contributed by atoms with Crippen molar-refractivity contribution < 1.29 is 18.7 Å². The number of methoxy groups -OCH3 is 1. The number of carbonyl (C=O) groups excluding carboxylic acids is 2. The van der Waals surface area contributed by atoms with Crippen LogP contribution in [0.2, 0.25) is 5.02 Å². The van der Waals surface area contributed by atoms with Crippen molar-refractivity contribution >= 4 is 34.6 Å². The van der Waals surface area contributed by atoms with Gasteiger partial charge in [-0.15, -0.1) is 0 Å². The number of halogens is 1. The molecule has 2 aromatic carbocycles. The number of oxazole rings is 1. The molecular weight excluding hydrogens is 446 g/mol. The Morgan fingerprint density at radius 2 is 1.76 bits per heavy atom. The Morgan fingerprint density at radius 3 is 2.48 bits per heavy atom. The minimum Gasteiger partial charge on any atom is -0.468 e. The van der Waals surface area contributed by atoms with Crippen molar-refractivity contribution in [2.45, 2.75) is 25.4 Å². The van der Waals surface area contributed by atoms with Crippen LogP contribution in [0.15, 0.2) is 57.7 Å². The summed E-state index contributed by atoms with van der Waals surface area (Å²) < 4.78 is 11.8. The van der Waals surface area contributed by atoms with Crippen molar-refractivity contribution in [1.82, 2.24) is 14.4 Å². The highest BCUT2D eigenvalue weighted by Crippen LogP contribution is 2.29. The summed E-state index contributed by atoms with van der Waals surface area (Å²) in [6, 6.07) is 13.9. The van der Waals surface area contributed by atoms with Crippen molar-refractivity contribution in [1.29, 1.82) is 0 Å². The molecule has 0 aliphatic carbocycles. The van der Waals surface area contributed by atoms with E-state index in [1.165, 1.54) is 7.11 Å². The Labute approximate surface area is 196 Å². The third-order valence-electron chi connectivity index (χ3n) is 6.00. The van der Waals surface area contributed by atoms with E-state index in [4.69, 9.17) is 20.8 Å². The molecule has 1 atom stereocenters. The highest BCUT2D eigenvalue weighted by molar-refractivity contribution is 6.31. The number of carbonyl (C=O) groups is 2. The van der Waals surface area contributed by atoms with E-state index in [0.29, 0.717) is 61.7 Å². The number of nitrogens with zero attached hydrogens (tertiary/aromatic N) is 3. The van der Waals surface area contributed by atoms with Gasteiger partial charge in [0.25, 0.3) is 0 Å². The van der Waals surface area contributed by atoms with Gasteiger partial charge in [0.05, 0.1) is 12.6 Å². The van der Waals surface area contributed by atoms with Crippen LogP contribution in [-0.2, 0) is 20.9 Å². The van der Waals surface area contributed by atoms with E-state index in [2.05, 4.69) is 0 Å². The molecule has 174 valence electrons. The summed E-state index contributed by atoms with van der Waals surface area (Å²) in [5, 5.41) is 0.508. The normalized spacial score (nSPS) is 15.5. The second-order valence-corrected chi connectivity index (χ2v) is 8.36. The van der Waals surface area contributed by atoms with E-state index >= 15 is 0 Å². The molecule has 0 bridgehead atoms. The van der Waals surface area contributed by atoms with E-state index in [1.54, 1.807) is 21.6 Å². The number of esters is 1.